The van der Waals surface area contributed by atoms with Gasteiger partial charge in [-0.25, -0.2) is 0 Å². The van der Waals surface area contributed by atoms with Crippen molar-refractivity contribution < 1.29 is 14.3 Å². The highest BCUT2D eigenvalue weighted by molar-refractivity contribution is 5.89. The molecule has 3 saturated carbocycles. The van der Waals surface area contributed by atoms with Gasteiger partial charge < -0.3 is 4.74 Å². The SMILES string of the molecule is COC(=O)[C@@]1(C)C[C@H]2C(=O)[C@H](C)[C@@H]1C[C@H]2C(C)C. The molecule has 5 atom stereocenters. The monoisotopic (exact) mass is 252 g/mol. The first kappa shape index (κ1) is 13.6. The fourth-order valence-corrected chi connectivity index (χ4v) is 4.29. The Kier molecular flexibility index (Phi) is 3.28. The third kappa shape index (κ3) is 1.70. The van der Waals surface area contributed by atoms with Gasteiger partial charge in [0.25, 0.3) is 0 Å². The van der Waals surface area contributed by atoms with E-state index in [4.69, 9.17) is 4.74 Å². The van der Waals surface area contributed by atoms with Gasteiger partial charge in [0, 0.05) is 11.8 Å². The van der Waals surface area contributed by atoms with Crippen LogP contribution in [-0.2, 0) is 14.3 Å². The van der Waals surface area contributed by atoms with E-state index in [1.807, 2.05) is 13.8 Å². The maximum atomic E-state index is 12.3. The summed E-state index contributed by atoms with van der Waals surface area (Å²) >= 11 is 0. The van der Waals surface area contributed by atoms with Gasteiger partial charge >= 0.3 is 5.97 Å². The largest absolute Gasteiger partial charge is 0.469 e. The van der Waals surface area contributed by atoms with Crippen molar-refractivity contribution in [2.75, 3.05) is 7.11 Å². The number of esters is 1. The van der Waals surface area contributed by atoms with Gasteiger partial charge in [-0.1, -0.05) is 20.8 Å². The molecule has 0 spiro atoms. The van der Waals surface area contributed by atoms with Gasteiger partial charge in [0.15, 0.2) is 0 Å². The molecule has 2 bridgehead atoms. The number of hydrogen-bond acceptors (Lipinski definition) is 3. The fraction of sp³-hybridized carbons (Fsp3) is 0.867. The molecule has 0 heterocycles. The zero-order chi connectivity index (χ0) is 13.7. The van der Waals surface area contributed by atoms with E-state index in [0.717, 1.165) is 6.42 Å². The van der Waals surface area contributed by atoms with Crippen molar-refractivity contribution in [1.82, 2.24) is 0 Å². The van der Waals surface area contributed by atoms with Crippen LogP contribution in [0.2, 0.25) is 0 Å². The highest BCUT2D eigenvalue weighted by Crippen LogP contribution is 2.57. The van der Waals surface area contributed by atoms with Gasteiger partial charge in [-0.15, -0.1) is 0 Å². The molecule has 0 N–H and O–H groups in total. The van der Waals surface area contributed by atoms with E-state index in [2.05, 4.69) is 13.8 Å². The van der Waals surface area contributed by atoms with Crippen LogP contribution < -0.4 is 0 Å². The van der Waals surface area contributed by atoms with E-state index in [1.54, 1.807) is 0 Å². The lowest BCUT2D eigenvalue weighted by Crippen LogP contribution is -2.57. The summed E-state index contributed by atoms with van der Waals surface area (Å²) in [7, 11) is 1.45. The van der Waals surface area contributed by atoms with Gasteiger partial charge in [-0.2, -0.15) is 0 Å². The lowest BCUT2D eigenvalue weighted by atomic mass is 9.48. The molecular formula is C15H24O3. The van der Waals surface area contributed by atoms with E-state index in [-0.39, 0.29) is 23.7 Å². The Labute approximate surface area is 109 Å². The first-order valence-corrected chi connectivity index (χ1v) is 6.95. The van der Waals surface area contributed by atoms with Gasteiger partial charge in [-0.3, -0.25) is 9.59 Å². The second-order valence-electron chi connectivity index (χ2n) is 6.66. The quantitative estimate of drug-likeness (QED) is 0.710. The Balaban J connectivity index is 2.35. The average Bonchev–Trinajstić information content (AvgIpc) is 2.33. The number of Topliss-reactive ketones (excluding diaryl/α,β-unsaturated/α-hetero) is 1. The molecule has 0 radical (unpaired) electrons. The molecule has 3 rings (SSSR count). The zero-order valence-corrected chi connectivity index (χ0v) is 12.0. The van der Waals surface area contributed by atoms with Crippen molar-refractivity contribution in [3.05, 3.63) is 0 Å². The van der Waals surface area contributed by atoms with Crippen LogP contribution in [0.15, 0.2) is 0 Å². The van der Waals surface area contributed by atoms with Crippen LogP contribution >= 0.6 is 0 Å². The molecule has 0 aromatic rings. The molecule has 102 valence electrons. The molecule has 3 heteroatoms. The van der Waals surface area contributed by atoms with E-state index in [1.165, 1.54) is 7.11 Å². The Bertz CT molecular complexity index is 374. The fourth-order valence-electron chi connectivity index (χ4n) is 4.29. The van der Waals surface area contributed by atoms with Crippen molar-refractivity contribution in [2.24, 2.45) is 35.0 Å². The molecule has 3 nitrogen and oxygen atoms in total. The summed E-state index contributed by atoms with van der Waals surface area (Å²) in [6, 6.07) is 0. The highest BCUT2D eigenvalue weighted by atomic mass is 16.5. The molecule has 0 aromatic heterocycles. The molecule has 3 aliphatic rings. The molecule has 0 saturated heterocycles. The zero-order valence-electron chi connectivity index (χ0n) is 12.0. The molecule has 0 amide bonds. The summed E-state index contributed by atoms with van der Waals surface area (Å²) in [5.41, 5.74) is -0.460. The van der Waals surface area contributed by atoms with E-state index >= 15 is 0 Å². The van der Waals surface area contributed by atoms with Crippen LogP contribution in [0.5, 0.6) is 0 Å². The summed E-state index contributed by atoms with van der Waals surface area (Å²) < 4.78 is 4.97. The highest BCUT2D eigenvalue weighted by Gasteiger charge is 2.59. The number of ether oxygens (including phenoxy) is 1. The van der Waals surface area contributed by atoms with Crippen LogP contribution in [0.25, 0.3) is 0 Å². The van der Waals surface area contributed by atoms with Crippen LogP contribution in [0.4, 0.5) is 0 Å². The van der Waals surface area contributed by atoms with E-state index in [0.29, 0.717) is 24.0 Å². The summed E-state index contributed by atoms with van der Waals surface area (Å²) in [6.07, 6.45) is 1.66. The third-order valence-electron chi connectivity index (χ3n) is 5.43. The number of carbonyl (C=O) groups excluding carboxylic acids is 2. The smallest absolute Gasteiger partial charge is 0.311 e. The van der Waals surface area contributed by atoms with Crippen molar-refractivity contribution >= 4 is 11.8 Å². The normalized spacial score (nSPS) is 43.3. The lowest BCUT2D eigenvalue weighted by Gasteiger charge is -2.54. The summed E-state index contributed by atoms with van der Waals surface area (Å²) in [5.74, 6) is 1.38. The number of methoxy groups -OCH3 is 1. The Hall–Kier alpha value is -0.860. The average molecular weight is 252 g/mol. The Morgan fingerprint density at radius 1 is 1.44 bits per heavy atom. The number of hydrogen-bond donors (Lipinski definition) is 0. The lowest BCUT2D eigenvalue weighted by molar-refractivity contribution is -0.175. The molecule has 0 aromatic carbocycles. The van der Waals surface area contributed by atoms with Gasteiger partial charge in [0.05, 0.1) is 12.5 Å². The predicted molar refractivity (Wildman–Crippen MR) is 68.8 cm³/mol. The van der Waals surface area contributed by atoms with Crippen LogP contribution in [0.3, 0.4) is 0 Å². The second kappa shape index (κ2) is 4.36. The minimum absolute atomic E-state index is 0.00264. The van der Waals surface area contributed by atoms with E-state index < -0.39 is 5.41 Å². The van der Waals surface area contributed by atoms with Crippen LogP contribution in [0, 0.1) is 35.0 Å². The van der Waals surface area contributed by atoms with Crippen molar-refractivity contribution in [1.29, 1.82) is 0 Å². The van der Waals surface area contributed by atoms with Crippen LogP contribution in [0.1, 0.15) is 40.5 Å². The standard InChI is InChI=1S/C15H24O3/c1-8(2)10-6-12-9(3)13(16)11(10)7-15(12,4)14(17)18-5/h8-12H,6-7H2,1-5H3/t9-,10+,11-,12+,15+/m1/s1. The number of rotatable bonds is 2. The summed E-state index contributed by atoms with van der Waals surface area (Å²) in [5, 5.41) is 0. The molecule has 0 aliphatic heterocycles. The number of carbonyl (C=O) groups is 2. The summed E-state index contributed by atoms with van der Waals surface area (Å²) in [4.78, 5) is 24.4. The van der Waals surface area contributed by atoms with Gasteiger partial charge in [0.2, 0.25) is 0 Å². The number of fused-ring (bicyclic) bond motifs is 3. The van der Waals surface area contributed by atoms with Crippen molar-refractivity contribution in [2.45, 2.75) is 40.5 Å². The first-order chi connectivity index (χ1) is 8.32. The topological polar surface area (TPSA) is 43.4 Å². The van der Waals surface area contributed by atoms with Crippen molar-refractivity contribution in [3.63, 3.8) is 0 Å². The maximum Gasteiger partial charge on any atom is 0.311 e. The third-order valence-corrected chi connectivity index (χ3v) is 5.43. The molecule has 3 aliphatic carbocycles. The first-order valence-electron chi connectivity index (χ1n) is 6.95. The van der Waals surface area contributed by atoms with Gasteiger partial charge in [-0.05, 0) is 37.5 Å². The second-order valence-corrected chi connectivity index (χ2v) is 6.66. The molecular weight excluding hydrogens is 228 g/mol. The minimum atomic E-state index is -0.460. The molecule has 3 fully saturated rings. The van der Waals surface area contributed by atoms with E-state index in [9.17, 15) is 9.59 Å². The maximum absolute atomic E-state index is 12.3. The molecule has 0 unspecified atom stereocenters. The number of ketones is 1. The van der Waals surface area contributed by atoms with Crippen molar-refractivity contribution in [3.8, 4) is 0 Å². The predicted octanol–water partition coefficient (Wildman–Crippen LogP) is 2.68. The summed E-state index contributed by atoms with van der Waals surface area (Å²) in [6.45, 7) is 8.32. The molecule has 18 heavy (non-hydrogen) atoms. The Morgan fingerprint density at radius 2 is 2.06 bits per heavy atom. The van der Waals surface area contributed by atoms with Gasteiger partial charge in [0.1, 0.15) is 5.78 Å². The van der Waals surface area contributed by atoms with Crippen LogP contribution in [-0.4, -0.2) is 18.9 Å². The minimum Gasteiger partial charge on any atom is -0.469 e. The Morgan fingerprint density at radius 3 is 2.56 bits per heavy atom.